The summed E-state index contributed by atoms with van der Waals surface area (Å²) >= 11 is 0. The van der Waals surface area contributed by atoms with Crippen LogP contribution >= 0.6 is 0 Å². The van der Waals surface area contributed by atoms with Crippen LogP contribution in [-0.4, -0.2) is 69.6 Å². The Bertz CT molecular complexity index is 1300. The van der Waals surface area contributed by atoms with Crippen molar-refractivity contribution in [2.45, 2.75) is 58.5 Å². The lowest BCUT2D eigenvalue weighted by Gasteiger charge is -2.39. The number of unbranched alkanes of at least 4 members (excludes halogenated alkanes) is 2. The van der Waals surface area contributed by atoms with Gasteiger partial charge in [0.15, 0.2) is 5.78 Å². The van der Waals surface area contributed by atoms with Gasteiger partial charge in [0.25, 0.3) is 0 Å². The van der Waals surface area contributed by atoms with Crippen LogP contribution in [0.1, 0.15) is 67.2 Å². The van der Waals surface area contributed by atoms with Crippen molar-refractivity contribution in [2.24, 2.45) is 5.16 Å². The van der Waals surface area contributed by atoms with Crippen LogP contribution in [0.15, 0.2) is 29.6 Å². The Morgan fingerprint density at radius 1 is 1.24 bits per heavy atom. The molecule has 0 unspecified atom stereocenters. The summed E-state index contributed by atoms with van der Waals surface area (Å²) in [7, 11) is 0. The number of benzene rings is 1. The highest BCUT2D eigenvalue weighted by Crippen LogP contribution is 2.28. The van der Waals surface area contributed by atoms with Crippen molar-refractivity contribution in [1.82, 2.24) is 9.47 Å². The molecule has 3 rings (SSSR count). The lowest BCUT2D eigenvalue weighted by atomic mass is 9.89. The number of carbonyl (C=O) groups excluding carboxylic acids is 3. The molecule has 1 aliphatic heterocycles. The van der Waals surface area contributed by atoms with Crippen LogP contribution in [0.3, 0.4) is 0 Å². The molecule has 2 heterocycles. The molecule has 2 aromatic rings. The van der Waals surface area contributed by atoms with Crippen LogP contribution in [0.4, 0.5) is 4.79 Å². The number of oxime groups is 1. The zero-order valence-electron chi connectivity index (χ0n) is 21.8. The number of nitro groups is 1. The molecule has 12 heteroatoms. The molecule has 1 aromatic heterocycles. The van der Waals surface area contributed by atoms with Crippen molar-refractivity contribution < 1.29 is 28.9 Å². The summed E-state index contributed by atoms with van der Waals surface area (Å²) in [4.78, 5) is 54.4. The van der Waals surface area contributed by atoms with Gasteiger partial charge in [-0.2, -0.15) is 10.1 Å². The first kappa shape index (κ1) is 28.6. The number of ketones is 2. The second-order valence-electron chi connectivity index (χ2n) is 9.39. The molecular formula is C26H31N5O7. The third-order valence-electron chi connectivity index (χ3n) is 6.68. The van der Waals surface area contributed by atoms with E-state index in [1.165, 1.54) is 0 Å². The molecule has 1 saturated heterocycles. The molecule has 12 nitrogen and oxygen atoms in total. The fraction of sp³-hybridized carbons (Fsp3) is 0.500. The van der Waals surface area contributed by atoms with E-state index < -0.39 is 22.3 Å². The summed E-state index contributed by atoms with van der Waals surface area (Å²) in [6.07, 6.45) is 0.995. The summed E-state index contributed by atoms with van der Waals surface area (Å²) in [6.45, 7) is 8.53. The first-order valence-electron chi connectivity index (χ1n) is 12.5. The van der Waals surface area contributed by atoms with E-state index in [9.17, 15) is 24.5 Å². The van der Waals surface area contributed by atoms with E-state index in [4.69, 9.17) is 10.00 Å². The Kier molecular flexibility index (Phi) is 9.44. The zero-order valence-corrected chi connectivity index (χ0v) is 21.8. The number of ether oxygens (including phenoxy) is 1. The third kappa shape index (κ3) is 6.30. The first-order valence-corrected chi connectivity index (χ1v) is 12.5. The normalized spacial score (nSPS) is 14.7. The number of aryl methyl sites for hydroxylation is 1. The molecule has 1 aliphatic rings. The predicted molar refractivity (Wildman–Crippen MR) is 138 cm³/mol. The van der Waals surface area contributed by atoms with Crippen LogP contribution in [-0.2, 0) is 16.1 Å². The molecule has 0 aliphatic carbocycles. The van der Waals surface area contributed by atoms with E-state index >= 15 is 0 Å². The summed E-state index contributed by atoms with van der Waals surface area (Å²) in [5.41, 5.74) is 0.418. The van der Waals surface area contributed by atoms with Gasteiger partial charge in [0.2, 0.25) is 5.78 Å². The number of Topliss-reactive ketones (excluding diaryl/α,β-unsaturated/α-hetero) is 2. The fourth-order valence-corrected chi connectivity index (χ4v) is 4.48. The Morgan fingerprint density at radius 3 is 2.58 bits per heavy atom. The minimum atomic E-state index is -1.80. The number of carbonyl (C=O) groups is 3. The smallest absolute Gasteiger partial charge is 0.379 e. The molecule has 0 atom stereocenters. The van der Waals surface area contributed by atoms with Gasteiger partial charge < -0.3 is 9.30 Å². The Balaban J connectivity index is 2.00. The van der Waals surface area contributed by atoms with Crippen molar-refractivity contribution in [3.63, 3.8) is 0 Å². The average Bonchev–Trinajstić information content (AvgIpc) is 3.30. The largest absolute Gasteiger partial charge is 0.683 e. The molecule has 0 saturated carbocycles. The van der Waals surface area contributed by atoms with Gasteiger partial charge in [0.1, 0.15) is 10.6 Å². The number of morpholine rings is 1. The molecule has 0 N–H and O–H groups in total. The SMILES string of the molecule is CCn1cc(C(=O)/C(CCCCC#N)=N/OC(=O)[N+](=O)[O-])c2cc(C(=O)C(C)(C)N3CCOCC3)ccc21. The summed E-state index contributed by atoms with van der Waals surface area (Å²) in [6, 6.07) is 7.21. The molecule has 0 spiro atoms. The maximum atomic E-state index is 13.6. The van der Waals surface area contributed by atoms with E-state index in [-0.39, 0.29) is 29.9 Å². The van der Waals surface area contributed by atoms with Crippen molar-refractivity contribution in [3.05, 3.63) is 45.6 Å². The van der Waals surface area contributed by atoms with Crippen LogP contribution in [0.2, 0.25) is 0 Å². The van der Waals surface area contributed by atoms with Crippen LogP contribution in [0, 0.1) is 21.4 Å². The van der Waals surface area contributed by atoms with E-state index in [1.807, 2.05) is 31.4 Å². The Labute approximate surface area is 219 Å². The number of aromatic nitrogens is 1. The number of amides is 1. The van der Waals surface area contributed by atoms with Gasteiger partial charge in [-0.25, -0.2) is 0 Å². The third-order valence-corrected chi connectivity index (χ3v) is 6.68. The van der Waals surface area contributed by atoms with Crippen molar-refractivity contribution in [1.29, 1.82) is 5.26 Å². The predicted octanol–water partition coefficient (Wildman–Crippen LogP) is 3.99. The van der Waals surface area contributed by atoms with Gasteiger partial charge in [-0.3, -0.25) is 29.4 Å². The van der Waals surface area contributed by atoms with Gasteiger partial charge in [-0.15, -0.1) is 0 Å². The van der Waals surface area contributed by atoms with E-state index in [0.717, 1.165) is 5.52 Å². The van der Waals surface area contributed by atoms with Gasteiger partial charge in [0.05, 0.1) is 24.8 Å². The minimum Gasteiger partial charge on any atom is -0.379 e. The van der Waals surface area contributed by atoms with Gasteiger partial charge >= 0.3 is 6.09 Å². The number of hydrogen-bond donors (Lipinski definition) is 0. The summed E-state index contributed by atoms with van der Waals surface area (Å²) < 4.78 is 7.27. The van der Waals surface area contributed by atoms with Gasteiger partial charge in [0, 0.05) is 54.3 Å². The van der Waals surface area contributed by atoms with Crippen molar-refractivity contribution >= 4 is 34.3 Å². The lowest BCUT2D eigenvalue weighted by molar-refractivity contribution is -0.396. The molecule has 0 radical (unpaired) electrons. The van der Waals surface area contributed by atoms with Crippen molar-refractivity contribution in [3.8, 4) is 6.07 Å². The number of hydrogen-bond acceptors (Lipinski definition) is 10. The highest BCUT2D eigenvalue weighted by atomic mass is 16.8. The number of rotatable bonds is 11. The van der Waals surface area contributed by atoms with Gasteiger partial charge in [-0.05, 0) is 58.2 Å². The number of nitriles is 1. The van der Waals surface area contributed by atoms with E-state index in [0.29, 0.717) is 56.6 Å². The quantitative estimate of drug-likeness (QED) is 0.106. The second-order valence-corrected chi connectivity index (χ2v) is 9.39. The summed E-state index contributed by atoms with van der Waals surface area (Å²) in [5, 5.41) is 23.5. The topological polar surface area (TPSA) is 157 Å². The highest BCUT2D eigenvalue weighted by Gasteiger charge is 2.36. The minimum absolute atomic E-state index is 0.0486. The van der Waals surface area contributed by atoms with E-state index in [1.54, 1.807) is 24.4 Å². The maximum absolute atomic E-state index is 13.6. The van der Waals surface area contributed by atoms with Crippen LogP contribution in [0.5, 0.6) is 0 Å². The number of nitrogens with zero attached hydrogens (tertiary/aromatic N) is 5. The average molecular weight is 526 g/mol. The number of fused-ring (bicyclic) bond motifs is 1. The van der Waals surface area contributed by atoms with Crippen molar-refractivity contribution in [2.75, 3.05) is 26.3 Å². The molecule has 38 heavy (non-hydrogen) atoms. The Morgan fingerprint density at radius 2 is 1.95 bits per heavy atom. The molecule has 1 aromatic carbocycles. The highest BCUT2D eigenvalue weighted by molar-refractivity contribution is 6.47. The molecule has 202 valence electrons. The molecule has 0 bridgehead atoms. The molecule has 1 amide bonds. The summed E-state index contributed by atoms with van der Waals surface area (Å²) in [5.74, 6) is -0.679. The Hall–Kier alpha value is -3.95. The van der Waals surface area contributed by atoms with Crippen LogP contribution in [0.25, 0.3) is 10.9 Å². The lowest BCUT2D eigenvalue weighted by Crippen LogP contribution is -2.54. The monoisotopic (exact) mass is 525 g/mol. The van der Waals surface area contributed by atoms with Gasteiger partial charge in [-0.1, -0.05) is 5.16 Å². The first-order chi connectivity index (χ1) is 18.1. The zero-order chi connectivity index (χ0) is 27.9. The second kappa shape index (κ2) is 12.5. The standard InChI is InChI=1S/C26H31N5O7/c1-4-29-17-20(23(32)21(8-6-5-7-11-27)28-38-25(34)31(35)36)19-16-18(9-10-22(19)29)24(33)26(2,3)30-12-14-37-15-13-30/h9-10,16-17H,4-8,12-15H2,1-3H3/b28-21+. The molecule has 1 fully saturated rings. The maximum Gasteiger partial charge on any atom is 0.683 e. The molecular weight excluding hydrogens is 494 g/mol. The fourth-order valence-electron chi connectivity index (χ4n) is 4.48. The van der Waals surface area contributed by atoms with Crippen LogP contribution < -0.4 is 0 Å². The van der Waals surface area contributed by atoms with E-state index in [2.05, 4.69) is 14.9 Å².